The van der Waals surface area contributed by atoms with E-state index < -0.39 is 0 Å². The summed E-state index contributed by atoms with van der Waals surface area (Å²) in [6.07, 6.45) is 6.33. The maximum Gasteiger partial charge on any atom is 0.170 e. The Hall–Kier alpha value is -1.91. The predicted octanol–water partition coefficient (Wildman–Crippen LogP) is 4.56. The summed E-state index contributed by atoms with van der Waals surface area (Å²) in [6.45, 7) is 1.08. The molecule has 2 aromatic rings. The zero-order valence-corrected chi connectivity index (χ0v) is 15.9. The van der Waals surface area contributed by atoms with Crippen molar-refractivity contribution in [2.45, 2.75) is 56.8 Å². The summed E-state index contributed by atoms with van der Waals surface area (Å²) in [4.78, 5) is 2.74. The van der Waals surface area contributed by atoms with Crippen molar-refractivity contribution in [1.82, 2.24) is 10.2 Å². The van der Waals surface area contributed by atoms with Gasteiger partial charge in [0.2, 0.25) is 0 Å². The van der Waals surface area contributed by atoms with Crippen LogP contribution >= 0.6 is 12.2 Å². The standard InChI is InChI=1S/C22H27N3S/c26-22(23-18-10-5-2-6-11-18)24-19-14-20-12-7-13-21(15-19)25(20)16-17-8-3-1-4-9-17/h1-6,8-11,19-21H,7,12-16H2,(H2,23,24,26)/t20-,21-/m0/s1. The highest BCUT2D eigenvalue weighted by molar-refractivity contribution is 7.80. The number of anilines is 1. The van der Waals surface area contributed by atoms with Gasteiger partial charge in [-0.1, -0.05) is 55.0 Å². The van der Waals surface area contributed by atoms with Crippen LogP contribution in [0.5, 0.6) is 0 Å². The highest BCUT2D eigenvalue weighted by Gasteiger charge is 2.38. The number of piperidine rings is 2. The van der Waals surface area contributed by atoms with E-state index in [1.54, 1.807) is 0 Å². The van der Waals surface area contributed by atoms with E-state index in [2.05, 4.69) is 45.9 Å². The van der Waals surface area contributed by atoms with E-state index in [1.807, 2.05) is 30.3 Å². The summed E-state index contributed by atoms with van der Waals surface area (Å²) in [6, 6.07) is 22.9. The van der Waals surface area contributed by atoms with Crippen LogP contribution in [-0.2, 0) is 6.54 Å². The molecule has 2 saturated heterocycles. The third-order valence-electron chi connectivity index (χ3n) is 5.70. The highest BCUT2D eigenvalue weighted by Crippen LogP contribution is 2.35. The number of fused-ring (bicyclic) bond motifs is 2. The Kier molecular flexibility index (Phi) is 5.51. The maximum atomic E-state index is 5.55. The number of hydrogen-bond donors (Lipinski definition) is 2. The molecule has 2 heterocycles. The molecule has 2 atom stereocenters. The number of rotatable bonds is 4. The SMILES string of the molecule is S=C(Nc1ccccc1)NC1C[C@@H]2CCC[C@@H](C1)N2Cc1ccccc1. The molecule has 0 saturated carbocycles. The molecule has 26 heavy (non-hydrogen) atoms. The minimum atomic E-state index is 0.473. The van der Waals surface area contributed by atoms with Gasteiger partial charge in [-0.05, 0) is 55.6 Å². The molecule has 2 bridgehead atoms. The maximum absolute atomic E-state index is 5.55. The van der Waals surface area contributed by atoms with Crippen molar-refractivity contribution in [3.8, 4) is 0 Å². The van der Waals surface area contributed by atoms with Crippen LogP contribution in [0.4, 0.5) is 5.69 Å². The summed E-state index contributed by atoms with van der Waals surface area (Å²) in [5, 5.41) is 7.63. The van der Waals surface area contributed by atoms with Crippen LogP contribution in [0.15, 0.2) is 60.7 Å². The molecule has 0 amide bonds. The molecule has 0 spiro atoms. The largest absolute Gasteiger partial charge is 0.360 e. The molecule has 0 aromatic heterocycles. The van der Waals surface area contributed by atoms with Crippen molar-refractivity contribution in [2.75, 3.05) is 5.32 Å². The molecule has 0 radical (unpaired) electrons. The van der Waals surface area contributed by atoms with Gasteiger partial charge in [0.15, 0.2) is 5.11 Å². The third-order valence-corrected chi connectivity index (χ3v) is 5.92. The van der Waals surface area contributed by atoms with Gasteiger partial charge in [0.1, 0.15) is 0 Å². The van der Waals surface area contributed by atoms with Gasteiger partial charge in [0.05, 0.1) is 0 Å². The number of para-hydroxylation sites is 1. The van der Waals surface area contributed by atoms with E-state index in [9.17, 15) is 0 Å². The number of nitrogens with one attached hydrogen (secondary N) is 2. The summed E-state index contributed by atoms with van der Waals surface area (Å²) in [5.74, 6) is 0. The Morgan fingerprint density at radius 2 is 1.54 bits per heavy atom. The average molecular weight is 366 g/mol. The van der Waals surface area contributed by atoms with Crippen LogP contribution in [-0.4, -0.2) is 28.1 Å². The number of nitrogens with zero attached hydrogens (tertiary/aromatic N) is 1. The van der Waals surface area contributed by atoms with E-state index in [1.165, 1.54) is 37.7 Å². The van der Waals surface area contributed by atoms with Gasteiger partial charge < -0.3 is 10.6 Å². The molecule has 4 heteroatoms. The van der Waals surface area contributed by atoms with Crippen LogP contribution in [0, 0.1) is 0 Å². The van der Waals surface area contributed by atoms with Crippen LogP contribution in [0.3, 0.4) is 0 Å². The Bertz CT molecular complexity index is 705. The van der Waals surface area contributed by atoms with Gasteiger partial charge in [-0.25, -0.2) is 0 Å². The van der Waals surface area contributed by atoms with Crippen molar-refractivity contribution >= 4 is 23.0 Å². The summed E-state index contributed by atoms with van der Waals surface area (Å²) < 4.78 is 0. The summed E-state index contributed by atoms with van der Waals surface area (Å²) >= 11 is 5.55. The number of benzene rings is 2. The fraction of sp³-hybridized carbons (Fsp3) is 0.409. The average Bonchev–Trinajstić information content (AvgIpc) is 2.64. The molecule has 136 valence electrons. The molecule has 2 fully saturated rings. The Morgan fingerprint density at radius 3 is 2.19 bits per heavy atom. The first kappa shape index (κ1) is 17.5. The Morgan fingerprint density at radius 1 is 0.923 bits per heavy atom. The van der Waals surface area contributed by atoms with Gasteiger partial charge >= 0.3 is 0 Å². The van der Waals surface area contributed by atoms with Crippen LogP contribution in [0.1, 0.15) is 37.7 Å². The first-order valence-electron chi connectivity index (χ1n) is 9.70. The third kappa shape index (κ3) is 4.25. The Labute approximate surface area is 161 Å². The molecule has 4 rings (SSSR count). The predicted molar refractivity (Wildman–Crippen MR) is 112 cm³/mol. The lowest BCUT2D eigenvalue weighted by Gasteiger charge is -2.49. The van der Waals surface area contributed by atoms with Crippen LogP contribution < -0.4 is 10.6 Å². The first-order valence-corrected chi connectivity index (χ1v) is 10.1. The second-order valence-electron chi connectivity index (χ2n) is 7.53. The van der Waals surface area contributed by atoms with Gasteiger partial charge in [-0.2, -0.15) is 0 Å². The van der Waals surface area contributed by atoms with Crippen molar-refractivity contribution in [2.24, 2.45) is 0 Å². The minimum absolute atomic E-state index is 0.473. The summed E-state index contributed by atoms with van der Waals surface area (Å²) in [5.41, 5.74) is 2.48. The zero-order valence-electron chi connectivity index (χ0n) is 15.1. The quantitative estimate of drug-likeness (QED) is 0.777. The van der Waals surface area contributed by atoms with E-state index in [0.717, 1.165) is 17.3 Å². The van der Waals surface area contributed by atoms with Crippen molar-refractivity contribution < 1.29 is 0 Å². The highest BCUT2D eigenvalue weighted by atomic mass is 32.1. The molecule has 2 N–H and O–H groups in total. The zero-order chi connectivity index (χ0) is 17.8. The molecular weight excluding hydrogens is 338 g/mol. The number of hydrogen-bond acceptors (Lipinski definition) is 2. The Balaban J connectivity index is 1.36. The molecule has 2 aromatic carbocycles. The molecular formula is C22H27N3S. The molecule has 2 aliphatic rings. The van der Waals surface area contributed by atoms with E-state index >= 15 is 0 Å². The number of thiocarbonyl (C=S) groups is 1. The fourth-order valence-corrected chi connectivity index (χ4v) is 4.81. The molecule has 3 nitrogen and oxygen atoms in total. The molecule has 2 aliphatic heterocycles. The normalized spacial score (nSPS) is 25.5. The van der Waals surface area contributed by atoms with Crippen molar-refractivity contribution in [3.05, 3.63) is 66.2 Å². The van der Waals surface area contributed by atoms with Gasteiger partial charge in [0.25, 0.3) is 0 Å². The lowest BCUT2D eigenvalue weighted by molar-refractivity contribution is 0.0212. The van der Waals surface area contributed by atoms with E-state index in [-0.39, 0.29) is 0 Å². The van der Waals surface area contributed by atoms with E-state index in [0.29, 0.717) is 18.1 Å². The topological polar surface area (TPSA) is 27.3 Å². The van der Waals surface area contributed by atoms with E-state index in [4.69, 9.17) is 12.2 Å². The van der Waals surface area contributed by atoms with Gasteiger partial charge in [-0.3, -0.25) is 4.90 Å². The summed E-state index contributed by atoms with van der Waals surface area (Å²) in [7, 11) is 0. The fourth-order valence-electron chi connectivity index (χ4n) is 4.52. The van der Waals surface area contributed by atoms with Crippen LogP contribution in [0.25, 0.3) is 0 Å². The van der Waals surface area contributed by atoms with Crippen molar-refractivity contribution in [3.63, 3.8) is 0 Å². The molecule has 0 unspecified atom stereocenters. The second-order valence-corrected chi connectivity index (χ2v) is 7.94. The smallest absolute Gasteiger partial charge is 0.170 e. The minimum Gasteiger partial charge on any atom is -0.360 e. The van der Waals surface area contributed by atoms with Gasteiger partial charge in [-0.15, -0.1) is 0 Å². The van der Waals surface area contributed by atoms with Gasteiger partial charge in [0, 0.05) is 30.4 Å². The second kappa shape index (κ2) is 8.19. The van der Waals surface area contributed by atoms with Crippen LogP contribution in [0.2, 0.25) is 0 Å². The lowest BCUT2D eigenvalue weighted by Crippen LogP contribution is -2.56. The first-order chi connectivity index (χ1) is 12.8. The monoisotopic (exact) mass is 365 g/mol. The van der Waals surface area contributed by atoms with Crippen molar-refractivity contribution in [1.29, 1.82) is 0 Å². The molecule has 0 aliphatic carbocycles. The lowest BCUT2D eigenvalue weighted by atomic mass is 9.81.